The number of nitrogens with one attached hydrogen (secondary N) is 1. The largest absolute Gasteiger partial charge is 0.453 e. The average Bonchev–Trinajstić information content (AvgIpc) is 2.85. The number of carbonyl (C=O) groups is 2. The van der Waals surface area contributed by atoms with Crippen molar-refractivity contribution >= 4 is 17.7 Å². The van der Waals surface area contributed by atoms with E-state index in [1.165, 1.54) is 12.0 Å². The Labute approximate surface area is 114 Å². The van der Waals surface area contributed by atoms with E-state index in [-0.39, 0.29) is 5.69 Å². The number of nitrogens with zero attached hydrogens (tertiary/aromatic N) is 1. The first-order chi connectivity index (χ1) is 9.51. The second-order valence-corrected chi connectivity index (χ2v) is 4.47. The van der Waals surface area contributed by atoms with Crippen LogP contribution in [-0.2, 0) is 9.53 Å². The first kappa shape index (κ1) is 14.2. The fraction of sp³-hybridized carbons (Fsp3) is 0.385. The summed E-state index contributed by atoms with van der Waals surface area (Å²) in [6, 6.07) is 2.05. The number of amides is 2. The molecule has 20 heavy (non-hydrogen) atoms. The molecular weight excluding hydrogens is 270 g/mol. The maximum absolute atomic E-state index is 13.0. The zero-order valence-corrected chi connectivity index (χ0v) is 10.9. The van der Waals surface area contributed by atoms with Gasteiger partial charge in [0.05, 0.1) is 7.11 Å². The Morgan fingerprint density at radius 3 is 2.55 bits per heavy atom. The average molecular weight is 284 g/mol. The summed E-state index contributed by atoms with van der Waals surface area (Å²) in [7, 11) is 1.23. The molecule has 1 aliphatic rings. The number of likely N-dealkylation sites (tertiary alicyclic amines) is 1. The molecule has 1 unspecified atom stereocenters. The minimum atomic E-state index is -0.781. The van der Waals surface area contributed by atoms with Crippen LogP contribution in [0, 0.1) is 11.6 Å². The zero-order valence-electron chi connectivity index (χ0n) is 10.9. The van der Waals surface area contributed by atoms with Crippen LogP contribution in [0.25, 0.3) is 0 Å². The molecule has 0 radical (unpaired) electrons. The number of anilines is 1. The molecule has 7 heteroatoms. The van der Waals surface area contributed by atoms with Crippen molar-refractivity contribution in [1.29, 1.82) is 0 Å². The van der Waals surface area contributed by atoms with Gasteiger partial charge < -0.3 is 10.1 Å². The molecular formula is C13H14F2N2O3. The molecule has 1 aromatic carbocycles. The van der Waals surface area contributed by atoms with Crippen molar-refractivity contribution in [3.05, 3.63) is 29.8 Å². The number of carbonyl (C=O) groups excluding carboxylic acids is 2. The van der Waals surface area contributed by atoms with Crippen molar-refractivity contribution < 1.29 is 23.1 Å². The minimum Gasteiger partial charge on any atom is -0.453 e. The van der Waals surface area contributed by atoms with Gasteiger partial charge in [-0.25, -0.2) is 13.6 Å². The summed E-state index contributed by atoms with van der Waals surface area (Å²) in [5.74, 6) is -2.05. The summed E-state index contributed by atoms with van der Waals surface area (Å²) in [6.45, 7) is 0.419. The second kappa shape index (κ2) is 5.85. The maximum atomic E-state index is 13.0. The summed E-state index contributed by atoms with van der Waals surface area (Å²) >= 11 is 0. The number of hydrogen-bond donors (Lipinski definition) is 1. The molecule has 1 atom stereocenters. The molecule has 0 aliphatic carbocycles. The van der Waals surface area contributed by atoms with E-state index in [0.29, 0.717) is 25.5 Å². The lowest BCUT2D eigenvalue weighted by atomic mass is 10.2. The molecule has 1 aliphatic heterocycles. The summed E-state index contributed by atoms with van der Waals surface area (Å²) in [6.07, 6.45) is 0.566. The topological polar surface area (TPSA) is 58.6 Å². The minimum absolute atomic E-state index is 0.0178. The normalized spacial score (nSPS) is 17.9. The van der Waals surface area contributed by atoms with Gasteiger partial charge in [-0.05, 0) is 25.0 Å². The summed E-state index contributed by atoms with van der Waals surface area (Å²) < 4.78 is 30.7. The number of rotatable bonds is 2. The van der Waals surface area contributed by atoms with E-state index in [0.717, 1.165) is 12.1 Å². The van der Waals surface area contributed by atoms with Gasteiger partial charge >= 0.3 is 6.09 Å². The Balaban J connectivity index is 2.09. The number of hydrogen-bond acceptors (Lipinski definition) is 3. The first-order valence-electron chi connectivity index (χ1n) is 6.13. The zero-order chi connectivity index (χ0) is 14.7. The predicted molar refractivity (Wildman–Crippen MR) is 67.1 cm³/mol. The van der Waals surface area contributed by atoms with E-state index in [1.807, 2.05) is 0 Å². The van der Waals surface area contributed by atoms with E-state index in [2.05, 4.69) is 10.1 Å². The highest BCUT2D eigenvalue weighted by Gasteiger charge is 2.34. The Morgan fingerprint density at radius 1 is 1.30 bits per heavy atom. The lowest BCUT2D eigenvalue weighted by Gasteiger charge is -2.22. The van der Waals surface area contributed by atoms with Crippen LogP contribution < -0.4 is 5.32 Å². The van der Waals surface area contributed by atoms with Crippen LogP contribution in [-0.4, -0.2) is 36.6 Å². The molecule has 1 saturated heterocycles. The van der Waals surface area contributed by atoms with Crippen LogP contribution in [0.3, 0.4) is 0 Å². The van der Waals surface area contributed by atoms with E-state index in [9.17, 15) is 18.4 Å². The van der Waals surface area contributed by atoms with Gasteiger partial charge in [0, 0.05) is 18.3 Å². The third-order valence-corrected chi connectivity index (χ3v) is 3.09. The highest BCUT2D eigenvalue weighted by atomic mass is 19.1. The molecule has 2 amide bonds. The van der Waals surface area contributed by atoms with Crippen molar-refractivity contribution in [3.8, 4) is 0 Å². The molecule has 0 spiro atoms. The fourth-order valence-electron chi connectivity index (χ4n) is 2.23. The molecule has 0 saturated carbocycles. The van der Waals surface area contributed by atoms with Gasteiger partial charge in [-0.1, -0.05) is 0 Å². The van der Waals surface area contributed by atoms with Gasteiger partial charge in [0.15, 0.2) is 0 Å². The molecule has 1 heterocycles. The number of halogens is 2. The molecule has 1 fully saturated rings. The van der Waals surface area contributed by atoms with Gasteiger partial charge in [-0.15, -0.1) is 0 Å². The smallest absolute Gasteiger partial charge is 0.410 e. The highest BCUT2D eigenvalue weighted by molar-refractivity contribution is 5.96. The summed E-state index contributed by atoms with van der Waals surface area (Å²) in [4.78, 5) is 24.9. The molecule has 1 aromatic rings. The Kier molecular flexibility index (Phi) is 4.16. The number of ether oxygens (including phenoxy) is 1. The molecule has 2 rings (SSSR count). The van der Waals surface area contributed by atoms with Crippen molar-refractivity contribution in [3.63, 3.8) is 0 Å². The predicted octanol–water partition coefficient (Wildman–Crippen LogP) is 2.13. The van der Waals surface area contributed by atoms with E-state index in [1.54, 1.807) is 0 Å². The quantitative estimate of drug-likeness (QED) is 0.905. The van der Waals surface area contributed by atoms with E-state index in [4.69, 9.17) is 0 Å². The van der Waals surface area contributed by atoms with E-state index >= 15 is 0 Å². The van der Waals surface area contributed by atoms with Crippen LogP contribution in [0.1, 0.15) is 12.8 Å². The van der Waals surface area contributed by atoms with Crippen molar-refractivity contribution in [2.75, 3.05) is 19.0 Å². The molecule has 5 nitrogen and oxygen atoms in total. The second-order valence-electron chi connectivity index (χ2n) is 4.47. The van der Waals surface area contributed by atoms with Crippen LogP contribution in [0.4, 0.5) is 19.3 Å². The van der Waals surface area contributed by atoms with Gasteiger partial charge in [0.25, 0.3) is 0 Å². The van der Waals surface area contributed by atoms with Crippen LogP contribution >= 0.6 is 0 Å². The standard InChI is InChI=1S/C13H14F2N2O3/c1-20-13(19)17-4-2-3-11(17)12(18)16-10-6-8(14)5-9(15)7-10/h5-7,11H,2-4H2,1H3,(H,16,18). The van der Waals surface area contributed by atoms with Gasteiger partial charge in [0.2, 0.25) is 5.91 Å². The highest BCUT2D eigenvalue weighted by Crippen LogP contribution is 2.20. The third-order valence-electron chi connectivity index (χ3n) is 3.09. The van der Waals surface area contributed by atoms with E-state index < -0.39 is 29.7 Å². The van der Waals surface area contributed by atoms with Crippen LogP contribution in [0.5, 0.6) is 0 Å². The van der Waals surface area contributed by atoms with Crippen molar-refractivity contribution in [1.82, 2.24) is 4.90 Å². The molecule has 108 valence electrons. The first-order valence-corrected chi connectivity index (χ1v) is 6.13. The Bertz CT molecular complexity index is 516. The maximum Gasteiger partial charge on any atom is 0.410 e. The molecule has 0 bridgehead atoms. The van der Waals surface area contributed by atoms with Gasteiger partial charge in [-0.3, -0.25) is 9.69 Å². The van der Waals surface area contributed by atoms with Crippen LogP contribution in [0.15, 0.2) is 18.2 Å². The van der Waals surface area contributed by atoms with Crippen LogP contribution in [0.2, 0.25) is 0 Å². The van der Waals surface area contributed by atoms with Gasteiger partial charge in [-0.2, -0.15) is 0 Å². The monoisotopic (exact) mass is 284 g/mol. The van der Waals surface area contributed by atoms with Gasteiger partial charge in [0.1, 0.15) is 17.7 Å². The number of methoxy groups -OCH3 is 1. The Morgan fingerprint density at radius 2 is 1.95 bits per heavy atom. The fourth-order valence-corrected chi connectivity index (χ4v) is 2.23. The molecule has 1 N–H and O–H groups in total. The lowest BCUT2D eigenvalue weighted by molar-refractivity contribution is -0.119. The SMILES string of the molecule is COC(=O)N1CCCC1C(=O)Nc1cc(F)cc(F)c1. The number of benzene rings is 1. The Hall–Kier alpha value is -2.18. The van der Waals surface area contributed by atoms with Crippen molar-refractivity contribution in [2.45, 2.75) is 18.9 Å². The summed E-state index contributed by atoms with van der Waals surface area (Å²) in [5.41, 5.74) is 0.0178. The van der Waals surface area contributed by atoms with Crippen molar-refractivity contribution in [2.24, 2.45) is 0 Å². The lowest BCUT2D eigenvalue weighted by Crippen LogP contribution is -2.43. The third kappa shape index (κ3) is 3.04. The summed E-state index contributed by atoms with van der Waals surface area (Å²) in [5, 5.41) is 2.41. The molecule has 0 aromatic heterocycles.